The molecule has 3 N–H and O–H groups in total. The summed E-state index contributed by atoms with van der Waals surface area (Å²) < 4.78 is 9.73. The van der Waals surface area contributed by atoms with Gasteiger partial charge in [-0.15, -0.1) is 0 Å². The number of hydrogen-bond acceptors (Lipinski definition) is 5. The minimum Gasteiger partial charge on any atom is -0.469 e. The van der Waals surface area contributed by atoms with Crippen LogP contribution in [0, 0.1) is 5.41 Å². The maximum atomic E-state index is 11.7. The molecule has 2 aromatic rings. The van der Waals surface area contributed by atoms with Gasteiger partial charge >= 0.3 is 11.7 Å². The molecule has 0 saturated heterocycles. The van der Waals surface area contributed by atoms with E-state index in [9.17, 15) is 9.59 Å². The molecule has 1 atom stereocenters. The zero-order valence-corrected chi connectivity index (χ0v) is 11.0. The summed E-state index contributed by atoms with van der Waals surface area (Å²) in [6.07, 6.45) is 0. The lowest BCUT2D eigenvalue weighted by Crippen LogP contribution is -2.37. The van der Waals surface area contributed by atoms with E-state index in [-0.39, 0.29) is 0 Å². The van der Waals surface area contributed by atoms with E-state index in [1.165, 1.54) is 7.11 Å². The maximum absolute atomic E-state index is 11.7. The quantitative estimate of drug-likeness (QED) is 0.815. The topological polar surface area (TPSA) is 98.3 Å². The number of methoxy groups -OCH3 is 1. The molecule has 0 amide bonds. The van der Waals surface area contributed by atoms with Gasteiger partial charge < -0.3 is 14.9 Å². The van der Waals surface area contributed by atoms with Crippen molar-refractivity contribution in [2.75, 3.05) is 7.11 Å². The number of aromatic nitrogens is 1. The second-order valence-corrected chi connectivity index (χ2v) is 4.96. The van der Waals surface area contributed by atoms with Crippen LogP contribution in [0.4, 0.5) is 0 Å². The Morgan fingerprint density at radius 1 is 1.47 bits per heavy atom. The van der Waals surface area contributed by atoms with E-state index in [2.05, 4.69) is 4.98 Å². The first-order chi connectivity index (χ1) is 8.86. The number of nitrogens with one attached hydrogen (secondary N) is 1. The zero-order chi connectivity index (χ0) is 14.2. The number of rotatable bonds is 3. The van der Waals surface area contributed by atoms with Crippen LogP contribution in [0.3, 0.4) is 0 Å². The van der Waals surface area contributed by atoms with Crippen molar-refractivity contribution >= 4 is 17.1 Å². The largest absolute Gasteiger partial charge is 0.469 e. The van der Waals surface area contributed by atoms with E-state index in [4.69, 9.17) is 14.9 Å². The Morgan fingerprint density at radius 2 is 2.16 bits per heavy atom. The minimum absolute atomic E-state index is 0.393. The standard InChI is InChI=1S/C13H16N2O4/c1-13(2,11(16)18-3)10(14)7-4-5-8-9(6-7)19-12(17)15-8/h4-6,10H,14H2,1-3H3,(H,15,17). The first-order valence-corrected chi connectivity index (χ1v) is 5.83. The molecule has 1 aromatic carbocycles. The van der Waals surface area contributed by atoms with Crippen molar-refractivity contribution in [3.8, 4) is 0 Å². The van der Waals surface area contributed by atoms with Crippen LogP contribution in [-0.2, 0) is 9.53 Å². The van der Waals surface area contributed by atoms with Gasteiger partial charge in [0.1, 0.15) is 0 Å². The van der Waals surface area contributed by atoms with E-state index in [0.717, 1.165) is 0 Å². The Labute approximate surface area is 109 Å². The number of esters is 1. The third kappa shape index (κ3) is 2.26. The summed E-state index contributed by atoms with van der Waals surface area (Å²) >= 11 is 0. The van der Waals surface area contributed by atoms with Gasteiger partial charge in [0.05, 0.1) is 18.0 Å². The van der Waals surface area contributed by atoms with E-state index in [1.54, 1.807) is 32.0 Å². The Hall–Kier alpha value is -2.08. The van der Waals surface area contributed by atoms with Gasteiger partial charge in [-0.3, -0.25) is 9.78 Å². The second-order valence-electron chi connectivity index (χ2n) is 4.96. The predicted molar refractivity (Wildman–Crippen MR) is 69.6 cm³/mol. The summed E-state index contributed by atoms with van der Waals surface area (Å²) in [4.78, 5) is 25.4. The van der Waals surface area contributed by atoms with Gasteiger partial charge in [0.25, 0.3) is 0 Å². The smallest absolute Gasteiger partial charge is 0.417 e. The summed E-state index contributed by atoms with van der Waals surface area (Å²) in [5, 5.41) is 0. The van der Waals surface area contributed by atoms with Crippen LogP contribution in [-0.4, -0.2) is 18.1 Å². The highest BCUT2D eigenvalue weighted by molar-refractivity contribution is 5.78. The SMILES string of the molecule is COC(=O)C(C)(C)C(N)c1ccc2[nH]c(=O)oc2c1. The molecule has 0 aliphatic rings. The predicted octanol–water partition coefficient (Wildman–Crippen LogP) is 1.32. The number of aromatic amines is 1. The number of nitrogens with two attached hydrogens (primary N) is 1. The Balaban J connectivity index is 2.43. The maximum Gasteiger partial charge on any atom is 0.417 e. The first-order valence-electron chi connectivity index (χ1n) is 5.83. The van der Waals surface area contributed by atoms with Crippen molar-refractivity contribution in [1.29, 1.82) is 0 Å². The summed E-state index contributed by atoms with van der Waals surface area (Å²) in [5.41, 5.74) is 6.95. The first kappa shape index (κ1) is 13.4. The molecule has 1 heterocycles. The molecule has 0 spiro atoms. The summed E-state index contributed by atoms with van der Waals surface area (Å²) in [5.74, 6) is -0.913. The molecule has 1 aromatic heterocycles. The minimum atomic E-state index is -0.876. The Kier molecular flexibility index (Phi) is 3.20. The molecule has 0 radical (unpaired) electrons. The third-order valence-corrected chi connectivity index (χ3v) is 3.29. The summed E-state index contributed by atoms with van der Waals surface area (Å²) in [6, 6.07) is 4.54. The number of carbonyl (C=O) groups is 1. The fraction of sp³-hybridized carbons (Fsp3) is 0.385. The molecule has 0 bridgehead atoms. The summed E-state index contributed by atoms with van der Waals surface area (Å²) in [7, 11) is 1.32. The number of hydrogen-bond donors (Lipinski definition) is 2. The van der Waals surface area contributed by atoms with Crippen LogP contribution < -0.4 is 11.5 Å². The number of oxazole rings is 1. The van der Waals surface area contributed by atoms with E-state index >= 15 is 0 Å². The number of fused-ring (bicyclic) bond motifs is 1. The van der Waals surface area contributed by atoms with Gasteiger partial charge in [-0.1, -0.05) is 6.07 Å². The van der Waals surface area contributed by atoms with E-state index in [0.29, 0.717) is 16.7 Å². The number of ether oxygens (including phenoxy) is 1. The van der Waals surface area contributed by atoms with Crippen LogP contribution in [0.25, 0.3) is 11.1 Å². The summed E-state index contributed by atoms with van der Waals surface area (Å²) in [6.45, 7) is 3.42. The number of benzene rings is 1. The number of H-pyrrole nitrogens is 1. The lowest BCUT2D eigenvalue weighted by atomic mass is 9.81. The molecule has 0 fully saturated rings. The molecule has 0 aliphatic carbocycles. The molecule has 1 unspecified atom stereocenters. The van der Waals surface area contributed by atoms with Crippen LogP contribution in [0.1, 0.15) is 25.5 Å². The fourth-order valence-electron chi connectivity index (χ4n) is 1.96. The molecule has 0 aliphatic heterocycles. The van der Waals surface area contributed by atoms with Gasteiger partial charge in [0.15, 0.2) is 5.58 Å². The van der Waals surface area contributed by atoms with Gasteiger partial charge in [-0.25, -0.2) is 4.79 Å². The monoisotopic (exact) mass is 264 g/mol. The molecule has 19 heavy (non-hydrogen) atoms. The van der Waals surface area contributed by atoms with Crippen LogP contribution in [0.15, 0.2) is 27.4 Å². The molecular formula is C13H16N2O4. The highest BCUT2D eigenvalue weighted by atomic mass is 16.5. The molecular weight excluding hydrogens is 248 g/mol. The van der Waals surface area contributed by atoms with Crippen molar-refractivity contribution in [3.63, 3.8) is 0 Å². The fourth-order valence-corrected chi connectivity index (χ4v) is 1.96. The highest BCUT2D eigenvalue weighted by Crippen LogP contribution is 2.33. The normalized spacial score (nSPS) is 13.5. The van der Waals surface area contributed by atoms with Crippen molar-refractivity contribution < 1.29 is 13.9 Å². The van der Waals surface area contributed by atoms with Crippen molar-refractivity contribution in [1.82, 2.24) is 4.98 Å². The molecule has 0 saturated carbocycles. The Bertz CT molecular complexity index is 669. The Morgan fingerprint density at radius 3 is 2.79 bits per heavy atom. The van der Waals surface area contributed by atoms with Crippen molar-refractivity contribution in [2.24, 2.45) is 11.1 Å². The van der Waals surface area contributed by atoms with Crippen LogP contribution in [0.2, 0.25) is 0 Å². The molecule has 102 valence electrons. The van der Waals surface area contributed by atoms with Gasteiger partial charge in [0, 0.05) is 6.04 Å². The lowest BCUT2D eigenvalue weighted by molar-refractivity contribution is -0.152. The average molecular weight is 264 g/mol. The molecule has 6 heteroatoms. The van der Waals surface area contributed by atoms with E-state index in [1.807, 2.05) is 0 Å². The lowest BCUT2D eigenvalue weighted by Gasteiger charge is -2.28. The van der Waals surface area contributed by atoms with Crippen LogP contribution >= 0.6 is 0 Å². The molecule has 6 nitrogen and oxygen atoms in total. The van der Waals surface area contributed by atoms with E-state index < -0.39 is 23.2 Å². The highest BCUT2D eigenvalue weighted by Gasteiger charge is 2.36. The third-order valence-electron chi connectivity index (χ3n) is 3.29. The molecule has 2 rings (SSSR count). The van der Waals surface area contributed by atoms with Gasteiger partial charge in [-0.2, -0.15) is 0 Å². The zero-order valence-electron chi connectivity index (χ0n) is 11.0. The second kappa shape index (κ2) is 4.55. The van der Waals surface area contributed by atoms with Gasteiger partial charge in [0.2, 0.25) is 0 Å². The van der Waals surface area contributed by atoms with Crippen molar-refractivity contribution in [3.05, 3.63) is 34.3 Å². The van der Waals surface area contributed by atoms with Crippen molar-refractivity contribution in [2.45, 2.75) is 19.9 Å². The van der Waals surface area contributed by atoms with Gasteiger partial charge in [-0.05, 0) is 31.5 Å². The number of carbonyl (C=O) groups excluding carboxylic acids is 1. The average Bonchev–Trinajstić information content (AvgIpc) is 2.75. The van der Waals surface area contributed by atoms with Crippen LogP contribution in [0.5, 0.6) is 0 Å².